The SMILES string of the molecule is Cc1ccc(NS(=O)(=O)Cc2cc(C(F)(F)F)ccn2)cc1-c1cc2cn/c(=N\c3ncns3)nc-2n2c1NCC2. The summed E-state index contributed by atoms with van der Waals surface area (Å²) >= 11 is 1.13. The molecule has 6 rings (SSSR count). The van der Waals surface area contributed by atoms with Crippen LogP contribution in [-0.2, 0) is 28.5 Å². The predicted octanol–water partition coefficient (Wildman–Crippen LogP) is 4.22. The van der Waals surface area contributed by atoms with Crippen molar-refractivity contribution in [2.24, 2.45) is 4.99 Å². The molecule has 11 nitrogen and oxygen atoms in total. The Morgan fingerprint density at radius 1 is 1.12 bits per heavy atom. The summed E-state index contributed by atoms with van der Waals surface area (Å²) in [6.45, 7) is 3.20. The predicted molar refractivity (Wildman–Crippen MR) is 146 cm³/mol. The van der Waals surface area contributed by atoms with E-state index >= 15 is 0 Å². The third-order valence-electron chi connectivity index (χ3n) is 6.32. The molecule has 41 heavy (non-hydrogen) atoms. The van der Waals surface area contributed by atoms with Crippen molar-refractivity contribution < 1.29 is 21.6 Å². The van der Waals surface area contributed by atoms with E-state index in [1.165, 1.54) is 6.33 Å². The van der Waals surface area contributed by atoms with Crippen LogP contribution in [0.1, 0.15) is 16.8 Å². The number of sulfonamides is 1. The molecule has 0 fully saturated rings. The molecule has 0 aliphatic carbocycles. The third kappa shape index (κ3) is 5.60. The molecule has 2 aromatic heterocycles. The zero-order chi connectivity index (χ0) is 28.8. The molecule has 210 valence electrons. The number of benzene rings is 1. The van der Waals surface area contributed by atoms with Gasteiger partial charge in [-0.2, -0.15) is 27.5 Å². The van der Waals surface area contributed by atoms with Gasteiger partial charge in [-0.3, -0.25) is 9.71 Å². The van der Waals surface area contributed by atoms with Crippen LogP contribution in [-0.4, -0.2) is 43.8 Å². The van der Waals surface area contributed by atoms with E-state index in [1.54, 1.807) is 24.4 Å². The van der Waals surface area contributed by atoms with E-state index in [2.05, 4.69) is 39.3 Å². The smallest absolute Gasteiger partial charge is 0.369 e. The Kier molecular flexibility index (Phi) is 6.65. The van der Waals surface area contributed by atoms with Crippen molar-refractivity contribution >= 4 is 38.2 Å². The number of halogens is 3. The average molecular weight is 600 g/mol. The van der Waals surface area contributed by atoms with Gasteiger partial charge in [0.25, 0.3) is 5.62 Å². The maximum atomic E-state index is 13.1. The minimum atomic E-state index is -4.60. The fourth-order valence-electron chi connectivity index (χ4n) is 4.54. The molecule has 0 amide bonds. The molecular weight excluding hydrogens is 579 g/mol. The van der Waals surface area contributed by atoms with Crippen LogP contribution >= 0.6 is 11.5 Å². The second kappa shape index (κ2) is 10.2. The molecule has 0 saturated heterocycles. The molecule has 5 heterocycles. The highest BCUT2D eigenvalue weighted by Gasteiger charge is 2.31. The first-order valence-corrected chi connectivity index (χ1v) is 14.6. The lowest BCUT2D eigenvalue weighted by molar-refractivity contribution is -0.137. The lowest BCUT2D eigenvalue weighted by Gasteiger charge is -2.19. The number of hydrogen-bond donors (Lipinski definition) is 2. The first-order valence-electron chi connectivity index (χ1n) is 12.2. The number of anilines is 2. The Morgan fingerprint density at radius 2 is 1.98 bits per heavy atom. The Labute approximate surface area is 235 Å². The molecule has 3 aromatic rings. The summed E-state index contributed by atoms with van der Waals surface area (Å²) in [6.07, 6.45) is -0.583. The van der Waals surface area contributed by atoms with Crippen LogP contribution in [0.25, 0.3) is 22.5 Å². The molecule has 0 radical (unpaired) electrons. The molecule has 0 atom stereocenters. The summed E-state index contributed by atoms with van der Waals surface area (Å²) in [5.41, 5.74) is 2.54. The summed E-state index contributed by atoms with van der Waals surface area (Å²) in [4.78, 5) is 21.1. The fraction of sp³-hybridized carbons (Fsp3) is 0.200. The Hall–Kier alpha value is -4.44. The van der Waals surface area contributed by atoms with Gasteiger partial charge in [-0.25, -0.2) is 18.4 Å². The number of aryl methyl sites for hydroxylation is 1. The van der Waals surface area contributed by atoms with Gasteiger partial charge in [0.1, 0.15) is 23.7 Å². The monoisotopic (exact) mass is 599 g/mol. The van der Waals surface area contributed by atoms with E-state index in [4.69, 9.17) is 0 Å². The van der Waals surface area contributed by atoms with E-state index in [0.717, 1.165) is 57.9 Å². The van der Waals surface area contributed by atoms with Crippen LogP contribution in [0, 0.1) is 6.92 Å². The van der Waals surface area contributed by atoms with Crippen LogP contribution in [0.4, 0.5) is 29.8 Å². The molecule has 3 aliphatic heterocycles. The molecule has 1 aromatic carbocycles. The zero-order valence-electron chi connectivity index (χ0n) is 21.2. The van der Waals surface area contributed by atoms with Gasteiger partial charge in [0.15, 0.2) is 0 Å². The summed E-state index contributed by atoms with van der Waals surface area (Å²) in [5.74, 6) is 0.759. The van der Waals surface area contributed by atoms with Crippen LogP contribution in [0.3, 0.4) is 0 Å². The van der Waals surface area contributed by atoms with Gasteiger partial charge in [0.05, 0.1) is 11.3 Å². The minimum Gasteiger partial charge on any atom is -0.369 e. The van der Waals surface area contributed by atoms with E-state index in [9.17, 15) is 21.6 Å². The molecular formula is C25H20F3N9O2S2. The van der Waals surface area contributed by atoms with Gasteiger partial charge >= 0.3 is 6.18 Å². The van der Waals surface area contributed by atoms with Crippen LogP contribution in [0.5, 0.6) is 0 Å². The summed E-state index contributed by atoms with van der Waals surface area (Å²) in [6, 6.07) is 8.50. The number of hydrogen-bond acceptors (Lipinski definition) is 10. The second-order valence-corrected chi connectivity index (χ2v) is 11.7. The van der Waals surface area contributed by atoms with Crippen molar-refractivity contribution in [1.29, 1.82) is 0 Å². The molecule has 0 spiro atoms. The molecule has 0 saturated carbocycles. The lowest BCUT2D eigenvalue weighted by atomic mass is 9.98. The molecule has 3 aliphatic rings. The highest BCUT2D eigenvalue weighted by molar-refractivity contribution is 7.91. The van der Waals surface area contributed by atoms with Gasteiger partial charge in [0, 0.05) is 53.8 Å². The Morgan fingerprint density at radius 3 is 2.76 bits per heavy atom. The average Bonchev–Trinajstić information content (AvgIpc) is 3.61. The largest absolute Gasteiger partial charge is 0.416 e. The highest BCUT2D eigenvalue weighted by atomic mass is 32.2. The van der Waals surface area contributed by atoms with Crippen molar-refractivity contribution in [3.63, 3.8) is 0 Å². The minimum absolute atomic E-state index is 0.218. The van der Waals surface area contributed by atoms with Crippen LogP contribution < -0.4 is 15.7 Å². The second-order valence-electron chi connectivity index (χ2n) is 9.19. The summed E-state index contributed by atoms with van der Waals surface area (Å²) in [5, 5.41) is 3.83. The van der Waals surface area contributed by atoms with Crippen LogP contribution in [0.15, 0.2) is 60.1 Å². The number of nitrogens with one attached hydrogen (secondary N) is 2. The first kappa shape index (κ1) is 26.8. The van der Waals surface area contributed by atoms with E-state index in [-0.39, 0.29) is 17.0 Å². The van der Waals surface area contributed by atoms with Crippen molar-refractivity contribution in [2.75, 3.05) is 16.6 Å². The number of fused-ring (bicyclic) bond motifs is 3. The van der Waals surface area contributed by atoms with Gasteiger partial charge in [-0.1, -0.05) is 6.07 Å². The van der Waals surface area contributed by atoms with Crippen molar-refractivity contribution in [3.8, 4) is 22.5 Å². The van der Waals surface area contributed by atoms with E-state index in [0.29, 0.717) is 24.0 Å². The van der Waals surface area contributed by atoms with Crippen LogP contribution in [0.2, 0.25) is 0 Å². The maximum absolute atomic E-state index is 13.1. The van der Waals surface area contributed by atoms with Crippen molar-refractivity contribution in [3.05, 3.63) is 77.6 Å². The fourth-order valence-corrected chi connectivity index (χ4v) is 6.05. The number of pyridine rings is 2. The standard InChI is InChI=1S/C25H20F3N9O2S2/c1-14-2-3-17(36-41(38,39)12-18-9-16(4-5-29-18)25(26,27)28)10-19(14)20-8-15-11-31-23(35-24-32-13-33-40-24)34-21(15)37-7-6-30-22(20)37/h2-5,8-11,13,30,36H,6-7,12H2,1H3/b35-23+. The highest BCUT2D eigenvalue weighted by Crippen LogP contribution is 2.39. The quantitative estimate of drug-likeness (QED) is 0.296. The van der Waals surface area contributed by atoms with Crippen molar-refractivity contribution in [1.82, 2.24) is 28.9 Å². The van der Waals surface area contributed by atoms with Crippen molar-refractivity contribution in [2.45, 2.75) is 25.4 Å². The van der Waals surface area contributed by atoms with Gasteiger partial charge in [-0.05, 0) is 48.4 Å². The number of rotatable bonds is 6. The number of alkyl halides is 3. The third-order valence-corrected chi connectivity index (χ3v) is 8.10. The topological polar surface area (TPSA) is 140 Å². The molecule has 0 unspecified atom stereocenters. The van der Waals surface area contributed by atoms with E-state index < -0.39 is 27.5 Å². The van der Waals surface area contributed by atoms with E-state index in [1.807, 2.05) is 17.6 Å². The van der Waals surface area contributed by atoms with Gasteiger partial charge in [0.2, 0.25) is 15.2 Å². The van der Waals surface area contributed by atoms with Gasteiger partial charge < -0.3 is 9.88 Å². The molecule has 16 heteroatoms. The normalized spacial score (nSPS) is 13.8. The molecule has 0 bridgehead atoms. The summed E-state index contributed by atoms with van der Waals surface area (Å²) < 4.78 is 73.4. The van der Waals surface area contributed by atoms with Gasteiger partial charge in [-0.15, -0.1) is 0 Å². The zero-order valence-corrected chi connectivity index (χ0v) is 22.8. The summed E-state index contributed by atoms with van der Waals surface area (Å²) in [7, 11) is -4.07. The maximum Gasteiger partial charge on any atom is 0.416 e. The Balaban J connectivity index is 1.34. The lowest BCUT2D eigenvalue weighted by Crippen LogP contribution is -2.17. The number of aromatic nitrogens is 6. The first-order chi connectivity index (χ1) is 19.6. The number of nitrogens with zero attached hydrogens (tertiary/aromatic N) is 7. The molecule has 2 N–H and O–H groups in total. The Bertz CT molecular complexity index is 1910.